The van der Waals surface area contributed by atoms with Gasteiger partial charge in [-0.1, -0.05) is 6.07 Å². The molecule has 3 nitrogen and oxygen atoms in total. The molecule has 1 aromatic heterocycles. The SMILES string of the molecule is CC(=O)C1c2cccnc2CN1C. The average molecular weight is 176 g/mol. The lowest BCUT2D eigenvalue weighted by molar-refractivity contribution is -0.121. The van der Waals surface area contributed by atoms with Crippen LogP contribution in [0.5, 0.6) is 0 Å². The highest BCUT2D eigenvalue weighted by Crippen LogP contribution is 2.30. The monoisotopic (exact) mass is 176 g/mol. The molecule has 2 rings (SSSR count). The smallest absolute Gasteiger partial charge is 0.151 e. The maximum absolute atomic E-state index is 11.3. The van der Waals surface area contributed by atoms with Crippen LogP contribution in [-0.2, 0) is 11.3 Å². The summed E-state index contributed by atoms with van der Waals surface area (Å²) in [6.45, 7) is 2.41. The zero-order valence-electron chi connectivity index (χ0n) is 7.82. The molecule has 2 heterocycles. The predicted molar refractivity (Wildman–Crippen MR) is 49.1 cm³/mol. The van der Waals surface area contributed by atoms with E-state index in [1.807, 2.05) is 24.1 Å². The molecule has 0 aliphatic carbocycles. The van der Waals surface area contributed by atoms with Gasteiger partial charge < -0.3 is 0 Å². The van der Waals surface area contributed by atoms with Crippen molar-refractivity contribution in [3.8, 4) is 0 Å². The molecule has 68 valence electrons. The maximum Gasteiger partial charge on any atom is 0.151 e. The molecule has 1 aliphatic rings. The van der Waals surface area contributed by atoms with E-state index in [4.69, 9.17) is 0 Å². The normalized spacial score (nSPS) is 21.5. The van der Waals surface area contributed by atoms with Crippen molar-refractivity contribution in [1.29, 1.82) is 0 Å². The molecule has 13 heavy (non-hydrogen) atoms. The van der Waals surface area contributed by atoms with Gasteiger partial charge in [0.15, 0.2) is 5.78 Å². The Labute approximate surface area is 77.4 Å². The van der Waals surface area contributed by atoms with Gasteiger partial charge in [-0.3, -0.25) is 14.7 Å². The van der Waals surface area contributed by atoms with E-state index < -0.39 is 0 Å². The number of Topliss-reactive ketones (excluding diaryl/α,β-unsaturated/α-hetero) is 1. The number of nitrogens with zero attached hydrogens (tertiary/aromatic N) is 2. The quantitative estimate of drug-likeness (QED) is 0.643. The van der Waals surface area contributed by atoms with Crippen LogP contribution < -0.4 is 0 Å². The summed E-state index contributed by atoms with van der Waals surface area (Å²) >= 11 is 0. The van der Waals surface area contributed by atoms with E-state index in [2.05, 4.69) is 4.98 Å². The summed E-state index contributed by atoms with van der Waals surface area (Å²) in [6.07, 6.45) is 1.77. The zero-order chi connectivity index (χ0) is 9.42. The molecule has 1 aromatic rings. The second kappa shape index (κ2) is 2.92. The van der Waals surface area contributed by atoms with E-state index in [1.54, 1.807) is 13.1 Å². The maximum atomic E-state index is 11.3. The summed E-state index contributed by atoms with van der Waals surface area (Å²) < 4.78 is 0. The fourth-order valence-corrected chi connectivity index (χ4v) is 1.93. The summed E-state index contributed by atoms with van der Waals surface area (Å²) in [4.78, 5) is 17.6. The second-order valence-corrected chi connectivity index (χ2v) is 3.47. The molecule has 0 bridgehead atoms. The molecule has 1 aliphatic heterocycles. The standard InChI is InChI=1S/C10H12N2O/c1-7(13)10-8-4-3-5-11-9(8)6-12(10)2/h3-5,10H,6H2,1-2H3. The van der Waals surface area contributed by atoms with Crippen molar-refractivity contribution in [3.05, 3.63) is 29.6 Å². The van der Waals surface area contributed by atoms with E-state index in [9.17, 15) is 4.79 Å². The van der Waals surface area contributed by atoms with E-state index in [-0.39, 0.29) is 11.8 Å². The molecule has 0 aromatic carbocycles. The Morgan fingerprint density at radius 3 is 3.15 bits per heavy atom. The van der Waals surface area contributed by atoms with Crippen molar-refractivity contribution in [2.75, 3.05) is 7.05 Å². The van der Waals surface area contributed by atoms with Crippen LogP contribution in [-0.4, -0.2) is 22.7 Å². The van der Waals surface area contributed by atoms with Crippen LogP contribution in [0.4, 0.5) is 0 Å². The zero-order valence-corrected chi connectivity index (χ0v) is 7.82. The van der Waals surface area contributed by atoms with Gasteiger partial charge in [0.25, 0.3) is 0 Å². The van der Waals surface area contributed by atoms with Crippen molar-refractivity contribution < 1.29 is 4.79 Å². The van der Waals surface area contributed by atoms with Crippen LogP contribution in [0.3, 0.4) is 0 Å². The van der Waals surface area contributed by atoms with Gasteiger partial charge in [-0.15, -0.1) is 0 Å². The van der Waals surface area contributed by atoms with Crippen LogP contribution in [0.2, 0.25) is 0 Å². The van der Waals surface area contributed by atoms with Gasteiger partial charge in [-0.05, 0) is 25.6 Å². The lowest BCUT2D eigenvalue weighted by atomic mass is 10.1. The van der Waals surface area contributed by atoms with Gasteiger partial charge in [0.2, 0.25) is 0 Å². The second-order valence-electron chi connectivity index (χ2n) is 3.47. The molecule has 0 N–H and O–H groups in total. The Hall–Kier alpha value is -1.22. The summed E-state index contributed by atoms with van der Waals surface area (Å²) in [6, 6.07) is 3.79. The third kappa shape index (κ3) is 1.25. The minimum absolute atomic E-state index is 0.0799. The molecular weight excluding hydrogens is 164 g/mol. The number of likely N-dealkylation sites (N-methyl/N-ethyl adjacent to an activating group) is 1. The largest absolute Gasteiger partial charge is 0.298 e. The van der Waals surface area contributed by atoms with E-state index >= 15 is 0 Å². The number of carbonyl (C=O) groups excluding carboxylic acids is 1. The number of hydrogen-bond acceptors (Lipinski definition) is 3. The molecular formula is C10H12N2O. The first-order chi connectivity index (χ1) is 6.20. The highest BCUT2D eigenvalue weighted by Gasteiger charge is 2.31. The number of rotatable bonds is 1. The first kappa shape index (κ1) is 8.38. The molecule has 0 spiro atoms. The van der Waals surface area contributed by atoms with E-state index in [1.165, 1.54) is 0 Å². The van der Waals surface area contributed by atoms with Crippen molar-refractivity contribution in [2.45, 2.75) is 19.5 Å². The minimum atomic E-state index is -0.0799. The Morgan fingerprint density at radius 2 is 2.46 bits per heavy atom. The fourth-order valence-electron chi connectivity index (χ4n) is 1.93. The Bertz CT molecular complexity index is 349. The lowest BCUT2D eigenvalue weighted by Gasteiger charge is -2.16. The molecule has 0 amide bonds. The lowest BCUT2D eigenvalue weighted by Crippen LogP contribution is -2.22. The molecule has 1 unspecified atom stereocenters. The summed E-state index contributed by atoms with van der Waals surface area (Å²) in [7, 11) is 1.95. The first-order valence-electron chi connectivity index (χ1n) is 4.34. The van der Waals surface area contributed by atoms with Gasteiger partial charge in [-0.25, -0.2) is 0 Å². The van der Waals surface area contributed by atoms with Crippen LogP contribution in [0.1, 0.15) is 24.2 Å². The van der Waals surface area contributed by atoms with Gasteiger partial charge >= 0.3 is 0 Å². The van der Waals surface area contributed by atoms with Crippen molar-refractivity contribution in [1.82, 2.24) is 9.88 Å². The van der Waals surface area contributed by atoms with Crippen molar-refractivity contribution in [2.24, 2.45) is 0 Å². The van der Waals surface area contributed by atoms with E-state index in [0.29, 0.717) is 0 Å². The summed E-state index contributed by atoms with van der Waals surface area (Å²) in [5.74, 6) is 0.189. The summed E-state index contributed by atoms with van der Waals surface area (Å²) in [5, 5.41) is 0. The molecule has 1 atom stereocenters. The third-order valence-electron chi connectivity index (χ3n) is 2.45. The van der Waals surface area contributed by atoms with E-state index in [0.717, 1.165) is 17.8 Å². The number of hydrogen-bond donors (Lipinski definition) is 0. The number of carbonyl (C=O) groups is 1. The fraction of sp³-hybridized carbons (Fsp3) is 0.400. The van der Waals surface area contributed by atoms with Crippen LogP contribution in [0.15, 0.2) is 18.3 Å². The Kier molecular flexibility index (Phi) is 1.88. The highest BCUT2D eigenvalue weighted by molar-refractivity contribution is 5.83. The van der Waals surface area contributed by atoms with Gasteiger partial charge in [-0.2, -0.15) is 0 Å². The van der Waals surface area contributed by atoms with Gasteiger partial charge in [0.05, 0.1) is 11.7 Å². The van der Waals surface area contributed by atoms with Crippen molar-refractivity contribution >= 4 is 5.78 Å². The minimum Gasteiger partial charge on any atom is -0.298 e. The molecule has 0 saturated heterocycles. The average Bonchev–Trinajstić information content (AvgIpc) is 2.39. The molecule has 0 radical (unpaired) electrons. The van der Waals surface area contributed by atoms with Crippen molar-refractivity contribution in [3.63, 3.8) is 0 Å². The predicted octanol–water partition coefficient (Wildman–Crippen LogP) is 1.16. The van der Waals surface area contributed by atoms with Crippen LogP contribution in [0, 0.1) is 0 Å². The topological polar surface area (TPSA) is 33.2 Å². The summed E-state index contributed by atoms with van der Waals surface area (Å²) in [5.41, 5.74) is 2.10. The van der Waals surface area contributed by atoms with Crippen LogP contribution in [0.25, 0.3) is 0 Å². The Balaban J connectivity index is 2.46. The number of fused-ring (bicyclic) bond motifs is 1. The molecule has 0 fully saturated rings. The first-order valence-corrected chi connectivity index (χ1v) is 4.34. The molecule has 0 saturated carbocycles. The third-order valence-corrected chi connectivity index (χ3v) is 2.45. The van der Waals surface area contributed by atoms with Crippen LogP contribution >= 0.6 is 0 Å². The molecule has 3 heteroatoms. The highest BCUT2D eigenvalue weighted by atomic mass is 16.1. The van der Waals surface area contributed by atoms with Gasteiger partial charge in [0, 0.05) is 12.7 Å². The Morgan fingerprint density at radius 1 is 1.69 bits per heavy atom. The van der Waals surface area contributed by atoms with Gasteiger partial charge in [0.1, 0.15) is 0 Å². The number of aromatic nitrogens is 1. The number of pyridine rings is 1. The number of ketones is 1.